The van der Waals surface area contributed by atoms with Crippen LogP contribution in [0.3, 0.4) is 0 Å². The first-order valence-electron chi connectivity index (χ1n) is 11.2. The smallest absolute Gasteiger partial charge is 0.255 e. The predicted molar refractivity (Wildman–Crippen MR) is 127 cm³/mol. The summed E-state index contributed by atoms with van der Waals surface area (Å²) >= 11 is 0. The second-order valence-corrected chi connectivity index (χ2v) is 8.51. The summed E-state index contributed by atoms with van der Waals surface area (Å²) in [7, 11) is 0. The van der Waals surface area contributed by atoms with Crippen LogP contribution < -0.4 is 15.8 Å². The SMILES string of the molecule is O=C(Nc1ccc(F)cc1-c1ccc(F)cc1)c1cccc(N2NC(=O)C3CC=CCC3C2=O)c1. The second kappa shape index (κ2) is 9.13. The Hall–Kier alpha value is -4.33. The number of rotatable bonds is 4. The molecule has 3 aromatic carbocycles. The predicted octanol–water partition coefficient (Wildman–Crippen LogP) is 4.84. The van der Waals surface area contributed by atoms with E-state index in [0.717, 1.165) is 0 Å². The van der Waals surface area contributed by atoms with Crippen molar-refractivity contribution in [1.29, 1.82) is 0 Å². The Kier molecular flexibility index (Phi) is 5.86. The molecule has 0 aromatic heterocycles. The van der Waals surface area contributed by atoms with Crippen LogP contribution in [0.1, 0.15) is 23.2 Å². The van der Waals surface area contributed by atoms with Gasteiger partial charge in [-0.3, -0.25) is 19.8 Å². The van der Waals surface area contributed by atoms with Crippen LogP contribution in [0, 0.1) is 23.5 Å². The normalized spacial score (nSPS) is 19.2. The van der Waals surface area contributed by atoms with E-state index in [9.17, 15) is 23.2 Å². The maximum absolute atomic E-state index is 14.0. The second-order valence-electron chi connectivity index (χ2n) is 8.51. The van der Waals surface area contributed by atoms with E-state index < -0.39 is 29.4 Å². The van der Waals surface area contributed by atoms with Crippen molar-refractivity contribution in [2.45, 2.75) is 12.8 Å². The van der Waals surface area contributed by atoms with E-state index in [1.807, 2.05) is 12.2 Å². The molecule has 2 unspecified atom stereocenters. The third-order valence-electron chi connectivity index (χ3n) is 6.28. The van der Waals surface area contributed by atoms with Crippen molar-refractivity contribution in [3.63, 3.8) is 0 Å². The number of allylic oxidation sites excluding steroid dienone is 2. The highest BCUT2D eigenvalue weighted by Crippen LogP contribution is 2.33. The fourth-order valence-electron chi connectivity index (χ4n) is 4.46. The molecule has 2 atom stereocenters. The van der Waals surface area contributed by atoms with Crippen LogP contribution in [0.25, 0.3) is 11.1 Å². The molecule has 3 aromatic rings. The van der Waals surface area contributed by atoms with Gasteiger partial charge in [-0.25, -0.2) is 13.8 Å². The summed E-state index contributed by atoms with van der Waals surface area (Å²) in [6, 6.07) is 15.7. The van der Waals surface area contributed by atoms with Crippen molar-refractivity contribution in [3.8, 4) is 11.1 Å². The van der Waals surface area contributed by atoms with E-state index in [1.165, 1.54) is 53.5 Å². The number of nitrogens with one attached hydrogen (secondary N) is 2. The topological polar surface area (TPSA) is 78.5 Å². The maximum Gasteiger partial charge on any atom is 0.255 e. The summed E-state index contributed by atoms with van der Waals surface area (Å²) in [6.45, 7) is 0. The molecule has 2 aliphatic rings. The Bertz CT molecular complexity index is 1350. The van der Waals surface area contributed by atoms with Gasteiger partial charge in [0, 0.05) is 16.8 Å². The van der Waals surface area contributed by atoms with Crippen LogP contribution in [-0.2, 0) is 9.59 Å². The molecule has 1 heterocycles. The number of amides is 3. The summed E-state index contributed by atoms with van der Waals surface area (Å²) < 4.78 is 27.3. The van der Waals surface area contributed by atoms with Gasteiger partial charge < -0.3 is 5.32 Å². The number of nitrogens with zero attached hydrogens (tertiary/aromatic N) is 1. The van der Waals surface area contributed by atoms with E-state index in [4.69, 9.17) is 0 Å². The number of benzene rings is 3. The van der Waals surface area contributed by atoms with Crippen LogP contribution in [0.15, 0.2) is 78.9 Å². The summed E-state index contributed by atoms with van der Waals surface area (Å²) in [6.07, 6.45) is 4.82. The minimum absolute atomic E-state index is 0.228. The lowest BCUT2D eigenvalue weighted by Crippen LogP contribution is -2.59. The Labute approximate surface area is 200 Å². The fourth-order valence-corrected chi connectivity index (χ4v) is 4.46. The van der Waals surface area contributed by atoms with Gasteiger partial charge in [-0.15, -0.1) is 0 Å². The molecule has 1 aliphatic heterocycles. The molecule has 1 saturated heterocycles. The third kappa shape index (κ3) is 4.42. The molecule has 2 N–H and O–H groups in total. The van der Waals surface area contributed by atoms with E-state index in [-0.39, 0.29) is 17.4 Å². The van der Waals surface area contributed by atoms with Gasteiger partial charge in [0.05, 0.1) is 17.5 Å². The fraction of sp³-hybridized carbons (Fsp3) is 0.148. The molecule has 0 spiro atoms. The number of hydrogen-bond acceptors (Lipinski definition) is 3. The quantitative estimate of drug-likeness (QED) is 0.532. The lowest BCUT2D eigenvalue weighted by Gasteiger charge is -2.38. The number of hydrazine groups is 1. The van der Waals surface area contributed by atoms with E-state index in [1.54, 1.807) is 18.2 Å². The molecule has 6 nitrogen and oxygen atoms in total. The maximum atomic E-state index is 14.0. The van der Waals surface area contributed by atoms with Crippen LogP contribution in [-0.4, -0.2) is 17.7 Å². The average Bonchev–Trinajstić information content (AvgIpc) is 2.88. The summed E-state index contributed by atoms with van der Waals surface area (Å²) in [5.41, 5.74) is 4.52. The van der Waals surface area contributed by atoms with Gasteiger partial charge >= 0.3 is 0 Å². The molecule has 8 heteroatoms. The van der Waals surface area contributed by atoms with E-state index >= 15 is 0 Å². The van der Waals surface area contributed by atoms with Gasteiger partial charge in [0.1, 0.15) is 11.6 Å². The first-order chi connectivity index (χ1) is 16.9. The van der Waals surface area contributed by atoms with Crippen LogP contribution >= 0.6 is 0 Å². The first-order valence-corrected chi connectivity index (χ1v) is 11.2. The molecule has 1 fully saturated rings. The van der Waals surface area contributed by atoms with Crippen molar-refractivity contribution >= 4 is 29.1 Å². The average molecular weight is 473 g/mol. The number of anilines is 2. The highest BCUT2D eigenvalue weighted by molar-refractivity contribution is 6.08. The minimum atomic E-state index is -0.500. The Morgan fingerprint density at radius 3 is 2.37 bits per heavy atom. The van der Waals surface area contributed by atoms with Gasteiger partial charge in [-0.2, -0.15) is 0 Å². The molecule has 0 saturated carbocycles. The lowest BCUT2D eigenvalue weighted by molar-refractivity contribution is -0.139. The highest BCUT2D eigenvalue weighted by atomic mass is 19.1. The molecular formula is C27H21F2N3O3. The molecule has 1 aliphatic carbocycles. The zero-order chi connectivity index (χ0) is 24.5. The number of carbonyl (C=O) groups is 3. The molecule has 0 radical (unpaired) electrons. The molecule has 0 bridgehead atoms. The van der Waals surface area contributed by atoms with Gasteiger partial charge in [0.15, 0.2) is 0 Å². The Balaban J connectivity index is 1.41. The number of fused-ring (bicyclic) bond motifs is 1. The standard InChI is InChI=1S/C27H21F2N3O3/c28-18-10-8-16(9-11-18)23-15-19(29)12-13-24(23)30-25(33)17-4-3-5-20(14-17)32-27(35)22-7-2-1-6-21(22)26(34)31-32/h1-5,8-15,21-22H,6-7H2,(H,30,33)(H,31,34). The van der Waals surface area contributed by atoms with Crippen LogP contribution in [0.5, 0.6) is 0 Å². The summed E-state index contributed by atoms with van der Waals surface area (Å²) in [4.78, 5) is 38.7. The van der Waals surface area contributed by atoms with Crippen molar-refractivity contribution in [2.75, 3.05) is 10.3 Å². The molecule has 176 valence electrons. The van der Waals surface area contributed by atoms with Crippen molar-refractivity contribution < 1.29 is 23.2 Å². The van der Waals surface area contributed by atoms with Crippen LogP contribution in [0.4, 0.5) is 20.2 Å². The number of carbonyl (C=O) groups excluding carboxylic acids is 3. The monoisotopic (exact) mass is 473 g/mol. The lowest BCUT2D eigenvalue weighted by atomic mass is 9.80. The third-order valence-corrected chi connectivity index (χ3v) is 6.28. The molecule has 5 rings (SSSR count). The summed E-state index contributed by atoms with van der Waals surface area (Å²) in [5.74, 6) is -2.71. The largest absolute Gasteiger partial charge is 0.321 e. The number of hydrogen-bond donors (Lipinski definition) is 2. The van der Waals surface area contributed by atoms with Crippen molar-refractivity contribution in [3.05, 3.63) is 96.1 Å². The van der Waals surface area contributed by atoms with Gasteiger partial charge in [-0.1, -0.05) is 30.4 Å². The minimum Gasteiger partial charge on any atom is -0.321 e. The van der Waals surface area contributed by atoms with Gasteiger partial charge in [0.25, 0.3) is 5.91 Å². The Morgan fingerprint density at radius 2 is 1.60 bits per heavy atom. The van der Waals surface area contributed by atoms with Gasteiger partial charge in [-0.05, 0) is 66.9 Å². The van der Waals surface area contributed by atoms with E-state index in [0.29, 0.717) is 35.3 Å². The zero-order valence-electron chi connectivity index (χ0n) is 18.5. The Morgan fingerprint density at radius 1 is 0.886 bits per heavy atom. The van der Waals surface area contributed by atoms with Gasteiger partial charge in [0.2, 0.25) is 11.8 Å². The first kappa shape index (κ1) is 22.5. The van der Waals surface area contributed by atoms with Crippen LogP contribution in [0.2, 0.25) is 0 Å². The summed E-state index contributed by atoms with van der Waals surface area (Å²) in [5, 5.41) is 3.96. The van der Waals surface area contributed by atoms with E-state index in [2.05, 4.69) is 10.7 Å². The number of halogens is 2. The molecule has 35 heavy (non-hydrogen) atoms. The molecule has 3 amide bonds. The molecular weight excluding hydrogens is 452 g/mol. The van der Waals surface area contributed by atoms with Crippen molar-refractivity contribution in [1.82, 2.24) is 5.43 Å². The highest BCUT2D eigenvalue weighted by Gasteiger charge is 2.42. The van der Waals surface area contributed by atoms with Crippen molar-refractivity contribution in [2.24, 2.45) is 11.8 Å². The zero-order valence-corrected chi connectivity index (χ0v) is 18.5.